The third kappa shape index (κ3) is 5.14. The number of carbonyl (C=O) groups is 1. The van der Waals surface area contributed by atoms with Gasteiger partial charge < -0.3 is 10.1 Å². The molecule has 0 aliphatic carbocycles. The van der Waals surface area contributed by atoms with Gasteiger partial charge in [-0.3, -0.25) is 14.2 Å². The lowest BCUT2D eigenvalue weighted by Gasteiger charge is -2.14. The molecule has 1 amide bonds. The normalized spacial score (nSPS) is 10.9. The summed E-state index contributed by atoms with van der Waals surface area (Å²) in [7, 11) is 1.54. The van der Waals surface area contributed by atoms with Crippen molar-refractivity contribution in [2.45, 2.75) is 34.2 Å². The number of methoxy groups -OCH3 is 1. The van der Waals surface area contributed by atoms with E-state index in [2.05, 4.69) is 10.4 Å². The summed E-state index contributed by atoms with van der Waals surface area (Å²) < 4.78 is 7.39. The summed E-state index contributed by atoms with van der Waals surface area (Å²) in [6.07, 6.45) is 0. The van der Waals surface area contributed by atoms with E-state index in [4.69, 9.17) is 4.74 Å². The number of carbonyl (C=O) groups excluding carboxylic acids is 1. The van der Waals surface area contributed by atoms with E-state index < -0.39 is 17.2 Å². The maximum Gasteiger partial charge on any atom is 0.352 e. The lowest BCUT2D eigenvalue weighted by Crippen LogP contribution is -2.46. The number of benzene rings is 2. The lowest BCUT2D eigenvalue weighted by atomic mass is 10.1. The molecule has 168 valence electrons. The fourth-order valence-corrected chi connectivity index (χ4v) is 3.37. The van der Waals surface area contributed by atoms with Gasteiger partial charge >= 0.3 is 5.69 Å². The van der Waals surface area contributed by atoms with Crippen LogP contribution in [0, 0.1) is 19.8 Å². The first-order valence-electron chi connectivity index (χ1n) is 10.4. The van der Waals surface area contributed by atoms with Crippen LogP contribution in [0.1, 0.15) is 41.0 Å². The molecule has 2 aromatic carbocycles. The monoisotopic (exact) mass is 436 g/mol. The Morgan fingerprint density at radius 1 is 1.09 bits per heavy atom. The zero-order valence-electron chi connectivity index (χ0n) is 19.0. The molecule has 1 N–H and O–H groups in total. The van der Waals surface area contributed by atoms with E-state index in [0.29, 0.717) is 23.5 Å². The van der Waals surface area contributed by atoms with Gasteiger partial charge in [0.1, 0.15) is 5.75 Å². The zero-order chi connectivity index (χ0) is 23.4. The molecule has 1 aromatic heterocycles. The highest BCUT2D eigenvalue weighted by Crippen LogP contribution is 2.14. The smallest absolute Gasteiger partial charge is 0.352 e. The quantitative estimate of drug-likeness (QED) is 0.614. The largest absolute Gasteiger partial charge is 0.497 e. The van der Waals surface area contributed by atoms with Crippen molar-refractivity contribution in [1.82, 2.24) is 19.7 Å². The summed E-state index contributed by atoms with van der Waals surface area (Å²) in [6.45, 7) is 8.08. The predicted octanol–water partition coefficient (Wildman–Crippen LogP) is 2.45. The second-order valence-corrected chi connectivity index (χ2v) is 8.24. The number of aryl methyl sites for hydroxylation is 2. The van der Waals surface area contributed by atoms with Crippen LogP contribution in [0.25, 0.3) is 5.69 Å². The molecular formula is C24H28N4O4. The van der Waals surface area contributed by atoms with Crippen LogP contribution in [-0.2, 0) is 6.54 Å². The highest BCUT2D eigenvalue weighted by atomic mass is 16.5. The second-order valence-electron chi connectivity index (χ2n) is 8.24. The van der Waals surface area contributed by atoms with E-state index >= 15 is 0 Å². The van der Waals surface area contributed by atoms with E-state index in [9.17, 15) is 14.4 Å². The Morgan fingerprint density at radius 2 is 1.78 bits per heavy atom. The van der Waals surface area contributed by atoms with Crippen LogP contribution in [0.5, 0.6) is 5.75 Å². The van der Waals surface area contributed by atoms with Crippen molar-refractivity contribution >= 4 is 5.91 Å². The van der Waals surface area contributed by atoms with E-state index in [1.165, 1.54) is 0 Å². The molecular weight excluding hydrogens is 408 g/mol. The van der Waals surface area contributed by atoms with Crippen molar-refractivity contribution in [1.29, 1.82) is 0 Å². The molecule has 0 bridgehead atoms. The molecule has 3 aromatic rings. The molecule has 0 spiro atoms. The molecule has 0 radical (unpaired) electrons. The Labute approximate surface area is 186 Å². The third-order valence-electron chi connectivity index (χ3n) is 4.87. The Balaban J connectivity index is 2.19. The van der Waals surface area contributed by atoms with Gasteiger partial charge in [0.15, 0.2) is 0 Å². The maximum atomic E-state index is 13.3. The zero-order valence-corrected chi connectivity index (χ0v) is 19.0. The number of rotatable bonds is 7. The van der Waals surface area contributed by atoms with E-state index in [0.717, 1.165) is 20.4 Å². The summed E-state index contributed by atoms with van der Waals surface area (Å²) in [5, 5.41) is 6.89. The molecule has 1 heterocycles. The molecule has 0 atom stereocenters. The van der Waals surface area contributed by atoms with Crippen LogP contribution in [0.2, 0.25) is 0 Å². The summed E-state index contributed by atoms with van der Waals surface area (Å²) >= 11 is 0. The SMILES string of the molecule is COc1cccc(Cn2c(=O)c(C(=O)NCC(C)C)nn(-c3cc(C)cc(C)c3)c2=O)c1. The second kappa shape index (κ2) is 9.64. The average molecular weight is 437 g/mol. The Hall–Kier alpha value is -3.68. The average Bonchev–Trinajstić information content (AvgIpc) is 2.74. The number of hydrogen-bond donors (Lipinski definition) is 1. The van der Waals surface area contributed by atoms with Crippen LogP contribution >= 0.6 is 0 Å². The van der Waals surface area contributed by atoms with Crippen molar-refractivity contribution < 1.29 is 9.53 Å². The van der Waals surface area contributed by atoms with Gasteiger partial charge in [0, 0.05) is 6.54 Å². The van der Waals surface area contributed by atoms with Crippen molar-refractivity contribution in [2.24, 2.45) is 5.92 Å². The first kappa shape index (κ1) is 23.0. The van der Waals surface area contributed by atoms with E-state index in [1.807, 2.05) is 33.8 Å². The van der Waals surface area contributed by atoms with E-state index in [-0.39, 0.29) is 18.2 Å². The summed E-state index contributed by atoms with van der Waals surface area (Å²) in [5.74, 6) is 0.193. The minimum Gasteiger partial charge on any atom is -0.497 e. The summed E-state index contributed by atoms with van der Waals surface area (Å²) in [6, 6.07) is 12.6. The Kier molecular flexibility index (Phi) is 6.92. The van der Waals surface area contributed by atoms with Crippen molar-refractivity contribution in [3.8, 4) is 11.4 Å². The van der Waals surface area contributed by atoms with Gasteiger partial charge in [-0.2, -0.15) is 9.78 Å². The number of aromatic nitrogens is 3. The molecule has 32 heavy (non-hydrogen) atoms. The third-order valence-corrected chi connectivity index (χ3v) is 4.87. The van der Waals surface area contributed by atoms with Crippen LogP contribution in [0.3, 0.4) is 0 Å². The predicted molar refractivity (Wildman–Crippen MR) is 123 cm³/mol. The molecule has 0 saturated heterocycles. The summed E-state index contributed by atoms with van der Waals surface area (Å²) in [4.78, 5) is 39.2. The Morgan fingerprint density at radius 3 is 2.41 bits per heavy atom. The van der Waals surface area contributed by atoms with Gasteiger partial charge in [-0.1, -0.05) is 32.0 Å². The molecule has 0 fully saturated rings. The van der Waals surface area contributed by atoms with Crippen molar-refractivity contribution in [2.75, 3.05) is 13.7 Å². The minimum atomic E-state index is -0.736. The standard InChI is InChI=1S/C24H28N4O4/c1-15(2)13-25-22(29)21-23(30)27(14-18-7-6-8-20(12-18)32-5)24(31)28(26-21)19-10-16(3)9-17(4)11-19/h6-12,15H,13-14H2,1-5H3,(H,25,29). The number of ether oxygens (including phenoxy) is 1. The fourth-order valence-electron chi connectivity index (χ4n) is 3.37. The summed E-state index contributed by atoms with van der Waals surface area (Å²) in [5.41, 5.74) is 1.37. The topological polar surface area (TPSA) is 95.2 Å². The van der Waals surface area contributed by atoms with Crippen LogP contribution in [0.15, 0.2) is 52.1 Å². The number of hydrogen-bond acceptors (Lipinski definition) is 5. The fraction of sp³-hybridized carbons (Fsp3) is 0.333. The maximum absolute atomic E-state index is 13.3. The van der Waals surface area contributed by atoms with Gasteiger partial charge in [-0.05, 0) is 60.7 Å². The van der Waals surface area contributed by atoms with Gasteiger partial charge in [0.05, 0.1) is 19.3 Å². The van der Waals surface area contributed by atoms with Crippen LogP contribution in [-0.4, -0.2) is 33.9 Å². The van der Waals surface area contributed by atoms with Crippen LogP contribution < -0.4 is 21.3 Å². The number of nitrogens with zero attached hydrogens (tertiary/aromatic N) is 3. The highest BCUT2D eigenvalue weighted by molar-refractivity contribution is 5.91. The number of nitrogens with one attached hydrogen (secondary N) is 1. The van der Waals surface area contributed by atoms with Gasteiger partial charge in [0.25, 0.3) is 11.5 Å². The van der Waals surface area contributed by atoms with Gasteiger partial charge in [-0.15, -0.1) is 0 Å². The number of amides is 1. The van der Waals surface area contributed by atoms with Gasteiger partial charge in [-0.25, -0.2) is 4.79 Å². The minimum absolute atomic E-state index is 0.0212. The van der Waals surface area contributed by atoms with Crippen LogP contribution in [0.4, 0.5) is 0 Å². The molecule has 0 aliphatic rings. The Bertz CT molecular complexity index is 1240. The molecule has 0 unspecified atom stereocenters. The van der Waals surface area contributed by atoms with Crippen molar-refractivity contribution in [3.05, 3.63) is 85.7 Å². The van der Waals surface area contributed by atoms with Crippen molar-refractivity contribution in [3.63, 3.8) is 0 Å². The molecule has 3 rings (SSSR count). The first-order chi connectivity index (χ1) is 15.2. The first-order valence-corrected chi connectivity index (χ1v) is 10.4. The van der Waals surface area contributed by atoms with E-state index in [1.54, 1.807) is 43.5 Å². The van der Waals surface area contributed by atoms with Gasteiger partial charge in [0.2, 0.25) is 5.69 Å². The molecule has 8 nitrogen and oxygen atoms in total. The lowest BCUT2D eigenvalue weighted by molar-refractivity contribution is 0.0939. The molecule has 0 aliphatic heterocycles. The highest BCUT2D eigenvalue weighted by Gasteiger charge is 2.21. The molecule has 8 heteroatoms. The molecule has 0 saturated carbocycles.